The number of carbonyl (C=O) groups excluding carboxylic acids is 1. The molecule has 0 aliphatic carbocycles. The van der Waals surface area contributed by atoms with Crippen molar-refractivity contribution in [1.82, 2.24) is 0 Å². The third-order valence-electron chi connectivity index (χ3n) is 3.39. The number of nitrogens with zero attached hydrogens (tertiary/aromatic N) is 1. The van der Waals surface area contributed by atoms with Crippen molar-refractivity contribution in [3.05, 3.63) is 23.8 Å². The van der Waals surface area contributed by atoms with Crippen LogP contribution in [0.2, 0.25) is 0 Å². The summed E-state index contributed by atoms with van der Waals surface area (Å²) in [6.07, 6.45) is 2.65. The monoisotopic (exact) mass is 261 g/mol. The smallest absolute Gasteiger partial charge is 0.227 e. The van der Waals surface area contributed by atoms with Crippen molar-refractivity contribution in [3.8, 4) is 5.75 Å². The van der Waals surface area contributed by atoms with Gasteiger partial charge in [-0.05, 0) is 29.9 Å². The van der Waals surface area contributed by atoms with Crippen molar-refractivity contribution in [2.24, 2.45) is 5.41 Å². The Morgan fingerprint density at radius 3 is 2.74 bits per heavy atom. The largest absolute Gasteiger partial charge is 0.497 e. The van der Waals surface area contributed by atoms with Crippen molar-refractivity contribution >= 4 is 11.6 Å². The van der Waals surface area contributed by atoms with Crippen LogP contribution < -0.4 is 9.64 Å². The Hall–Kier alpha value is -1.51. The minimum atomic E-state index is 0.0214. The Morgan fingerprint density at radius 2 is 2.11 bits per heavy atom. The molecule has 0 unspecified atom stereocenters. The van der Waals surface area contributed by atoms with Gasteiger partial charge in [0.2, 0.25) is 5.91 Å². The van der Waals surface area contributed by atoms with E-state index in [1.54, 1.807) is 7.11 Å². The first kappa shape index (κ1) is 13.9. The fraction of sp³-hybridized carbons (Fsp3) is 0.562. The number of anilines is 1. The summed E-state index contributed by atoms with van der Waals surface area (Å²) in [4.78, 5) is 14.4. The van der Waals surface area contributed by atoms with E-state index in [2.05, 4.69) is 26.8 Å². The zero-order valence-corrected chi connectivity index (χ0v) is 12.3. The molecule has 1 aromatic rings. The molecule has 0 saturated heterocycles. The van der Waals surface area contributed by atoms with Crippen LogP contribution in [-0.2, 0) is 11.2 Å². The maximum Gasteiger partial charge on any atom is 0.227 e. The van der Waals surface area contributed by atoms with Crippen LogP contribution in [0, 0.1) is 5.41 Å². The van der Waals surface area contributed by atoms with Crippen molar-refractivity contribution in [1.29, 1.82) is 0 Å². The number of benzene rings is 1. The van der Waals surface area contributed by atoms with Crippen molar-refractivity contribution < 1.29 is 9.53 Å². The number of fused-ring (bicyclic) bond motifs is 1. The highest BCUT2D eigenvalue weighted by molar-refractivity contribution is 5.95. The minimum Gasteiger partial charge on any atom is -0.497 e. The summed E-state index contributed by atoms with van der Waals surface area (Å²) in [5.74, 6) is 1.02. The van der Waals surface area contributed by atoms with E-state index >= 15 is 0 Å². The lowest BCUT2D eigenvalue weighted by Crippen LogP contribution is -2.37. The molecule has 1 heterocycles. The van der Waals surface area contributed by atoms with E-state index in [1.807, 2.05) is 17.0 Å². The second-order valence-corrected chi connectivity index (χ2v) is 6.38. The molecule has 3 heteroatoms. The molecule has 0 saturated carbocycles. The number of hydrogen-bond donors (Lipinski definition) is 0. The molecular weight excluding hydrogens is 238 g/mol. The Balaban J connectivity index is 2.28. The van der Waals surface area contributed by atoms with E-state index in [0.29, 0.717) is 6.42 Å². The summed E-state index contributed by atoms with van der Waals surface area (Å²) < 4.78 is 5.27. The van der Waals surface area contributed by atoms with Gasteiger partial charge in [0.15, 0.2) is 0 Å². The van der Waals surface area contributed by atoms with Crippen LogP contribution in [0.15, 0.2) is 18.2 Å². The molecule has 1 aliphatic heterocycles. The molecule has 2 rings (SSSR count). The van der Waals surface area contributed by atoms with Crippen LogP contribution in [0.25, 0.3) is 0 Å². The van der Waals surface area contributed by atoms with Gasteiger partial charge < -0.3 is 9.64 Å². The summed E-state index contributed by atoms with van der Waals surface area (Å²) >= 11 is 0. The first-order valence-electron chi connectivity index (χ1n) is 6.88. The van der Waals surface area contributed by atoms with Crippen molar-refractivity contribution in [2.45, 2.75) is 40.0 Å². The first-order chi connectivity index (χ1) is 8.90. The zero-order valence-electron chi connectivity index (χ0n) is 12.3. The molecule has 0 N–H and O–H groups in total. The second-order valence-electron chi connectivity index (χ2n) is 6.38. The Labute approximate surface area is 115 Å². The number of amides is 1. The normalized spacial score (nSPS) is 15.1. The highest BCUT2D eigenvalue weighted by Gasteiger charge is 2.26. The fourth-order valence-electron chi connectivity index (χ4n) is 2.49. The average Bonchev–Trinajstić information content (AvgIpc) is 2.35. The van der Waals surface area contributed by atoms with Gasteiger partial charge in [0, 0.05) is 19.0 Å². The van der Waals surface area contributed by atoms with Crippen LogP contribution in [0.3, 0.4) is 0 Å². The summed E-state index contributed by atoms with van der Waals surface area (Å²) in [7, 11) is 1.66. The number of methoxy groups -OCH3 is 1. The molecule has 0 aromatic heterocycles. The van der Waals surface area contributed by atoms with Crippen LogP contribution >= 0.6 is 0 Å². The van der Waals surface area contributed by atoms with Gasteiger partial charge in [0.25, 0.3) is 0 Å². The van der Waals surface area contributed by atoms with Gasteiger partial charge in [-0.2, -0.15) is 0 Å². The summed E-state index contributed by atoms with van der Waals surface area (Å²) in [5.41, 5.74) is 2.29. The quantitative estimate of drug-likeness (QED) is 0.816. The molecular formula is C16H23NO2. The van der Waals surface area contributed by atoms with Crippen LogP contribution in [0.5, 0.6) is 5.75 Å². The van der Waals surface area contributed by atoms with E-state index in [4.69, 9.17) is 4.74 Å². The molecule has 0 atom stereocenters. The molecule has 1 aromatic carbocycles. The minimum absolute atomic E-state index is 0.0214. The third kappa shape index (κ3) is 3.28. The summed E-state index contributed by atoms with van der Waals surface area (Å²) in [6.45, 7) is 7.11. The number of carbonyl (C=O) groups is 1. The first-order valence-corrected chi connectivity index (χ1v) is 6.88. The SMILES string of the molecule is COc1ccc2c(c1)N(C(=O)CC(C)(C)C)CCC2. The molecule has 0 radical (unpaired) electrons. The van der Waals surface area contributed by atoms with Gasteiger partial charge in [-0.25, -0.2) is 0 Å². The Kier molecular flexibility index (Phi) is 3.83. The number of hydrogen-bond acceptors (Lipinski definition) is 2. The maximum atomic E-state index is 12.5. The van der Waals surface area contributed by atoms with E-state index in [9.17, 15) is 4.79 Å². The van der Waals surface area contributed by atoms with Gasteiger partial charge in [-0.1, -0.05) is 26.8 Å². The highest BCUT2D eigenvalue weighted by Crippen LogP contribution is 2.32. The van der Waals surface area contributed by atoms with E-state index in [0.717, 1.165) is 30.8 Å². The van der Waals surface area contributed by atoms with Crippen molar-refractivity contribution in [2.75, 3.05) is 18.6 Å². The molecule has 0 bridgehead atoms. The topological polar surface area (TPSA) is 29.5 Å². The number of rotatable bonds is 2. The van der Waals surface area contributed by atoms with E-state index in [-0.39, 0.29) is 11.3 Å². The Morgan fingerprint density at radius 1 is 1.37 bits per heavy atom. The summed E-state index contributed by atoms with van der Waals surface area (Å²) in [6, 6.07) is 6.02. The van der Waals surface area contributed by atoms with Crippen LogP contribution in [0.4, 0.5) is 5.69 Å². The van der Waals surface area contributed by atoms with Gasteiger partial charge in [-0.15, -0.1) is 0 Å². The molecule has 3 nitrogen and oxygen atoms in total. The Bertz CT molecular complexity index is 474. The lowest BCUT2D eigenvalue weighted by atomic mass is 9.90. The predicted molar refractivity (Wildman–Crippen MR) is 77.7 cm³/mol. The second kappa shape index (κ2) is 5.24. The maximum absolute atomic E-state index is 12.5. The lowest BCUT2D eigenvalue weighted by Gasteiger charge is -2.32. The van der Waals surface area contributed by atoms with E-state index in [1.165, 1.54) is 5.56 Å². The highest BCUT2D eigenvalue weighted by atomic mass is 16.5. The van der Waals surface area contributed by atoms with Gasteiger partial charge >= 0.3 is 0 Å². The van der Waals surface area contributed by atoms with E-state index < -0.39 is 0 Å². The molecule has 0 spiro atoms. The zero-order chi connectivity index (χ0) is 14.0. The standard InChI is InChI=1S/C16H23NO2/c1-16(2,3)11-15(18)17-9-5-6-12-7-8-13(19-4)10-14(12)17/h7-8,10H,5-6,9,11H2,1-4H3. The lowest BCUT2D eigenvalue weighted by molar-refractivity contribution is -0.120. The molecule has 19 heavy (non-hydrogen) atoms. The van der Waals surface area contributed by atoms with Gasteiger partial charge in [0.05, 0.1) is 12.8 Å². The summed E-state index contributed by atoms with van der Waals surface area (Å²) in [5, 5.41) is 0. The average molecular weight is 261 g/mol. The molecule has 104 valence electrons. The fourth-order valence-corrected chi connectivity index (χ4v) is 2.49. The third-order valence-corrected chi connectivity index (χ3v) is 3.39. The predicted octanol–water partition coefficient (Wildman–Crippen LogP) is 3.41. The van der Waals surface area contributed by atoms with Gasteiger partial charge in [0.1, 0.15) is 5.75 Å². The van der Waals surface area contributed by atoms with Crippen molar-refractivity contribution in [3.63, 3.8) is 0 Å². The van der Waals surface area contributed by atoms with Crippen LogP contribution in [0.1, 0.15) is 39.2 Å². The number of ether oxygens (including phenoxy) is 1. The van der Waals surface area contributed by atoms with Gasteiger partial charge in [-0.3, -0.25) is 4.79 Å². The molecule has 0 fully saturated rings. The molecule has 1 aliphatic rings. The molecule has 1 amide bonds. The number of aryl methyl sites for hydroxylation is 1. The van der Waals surface area contributed by atoms with Crippen LogP contribution in [-0.4, -0.2) is 19.6 Å².